The van der Waals surface area contributed by atoms with Crippen LogP contribution in [0, 0.1) is 0 Å². The number of rotatable bonds is 5. The fourth-order valence-corrected chi connectivity index (χ4v) is 3.11. The average Bonchev–Trinajstić information content (AvgIpc) is 3.34. The molecule has 0 atom stereocenters. The number of carbonyl (C=O) groups is 1. The molecule has 138 valence electrons. The van der Waals surface area contributed by atoms with Gasteiger partial charge in [-0.2, -0.15) is 10.2 Å². The number of aromatic nitrogens is 7. The van der Waals surface area contributed by atoms with Gasteiger partial charge in [-0.25, -0.2) is 9.97 Å². The molecule has 4 heterocycles. The van der Waals surface area contributed by atoms with Crippen LogP contribution in [-0.4, -0.2) is 40.0 Å². The highest BCUT2D eigenvalue weighted by atomic mass is 16.1. The molecule has 0 bridgehead atoms. The molecule has 1 amide bonds. The fraction of sp³-hybridized carbons (Fsp3) is 0.278. The molecule has 0 aliphatic rings. The van der Waals surface area contributed by atoms with E-state index >= 15 is 0 Å². The smallest absolute Gasteiger partial charge is 0.267 e. The first-order valence-electron chi connectivity index (χ1n) is 8.67. The third kappa shape index (κ3) is 2.86. The van der Waals surface area contributed by atoms with Crippen LogP contribution in [0.15, 0.2) is 30.9 Å². The van der Waals surface area contributed by atoms with Gasteiger partial charge in [0.2, 0.25) is 0 Å². The second-order valence-electron chi connectivity index (χ2n) is 6.47. The number of aryl methyl sites for hydroxylation is 3. The van der Waals surface area contributed by atoms with Crippen LogP contribution < -0.4 is 5.73 Å². The Balaban J connectivity index is 1.86. The van der Waals surface area contributed by atoms with E-state index in [0.717, 1.165) is 35.1 Å². The number of imidazole rings is 1. The Hall–Kier alpha value is -3.49. The zero-order valence-electron chi connectivity index (χ0n) is 15.4. The summed E-state index contributed by atoms with van der Waals surface area (Å²) in [7, 11) is 3.70. The number of primary amides is 1. The van der Waals surface area contributed by atoms with E-state index in [-0.39, 0.29) is 5.69 Å². The molecule has 0 saturated carbocycles. The summed E-state index contributed by atoms with van der Waals surface area (Å²) in [6.45, 7) is 2.97. The van der Waals surface area contributed by atoms with Gasteiger partial charge in [-0.3, -0.25) is 14.2 Å². The minimum absolute atomic E-state index is 0.182. The Morgan fingerprint density at radius 3 is 2.70 bits per heavy atom. The predicted octanol–water partition coefficient (Wildman–Crippen LogP) is 1.74. The Morgan fingerprint density at radius 1 is 1.15 bits per heavy atom. The van der Waals surface area contributed by atoms with Crippen LogP contribution in [0.3, 0.4) is 0 Å². The zero-order valence-corrected chi connectivity index (χ0v) is 15.4. The van der Waals surface area contributed by atoms with E-state index in [4.69, 9.17) is 10.7 Å². The van der Waals surface area contributed by atoms with Crippen molar-refractivity contribution in [3.05, 3.63) is 36.5 Å². The van der Waals surface area contributed by atoms with E-state index in [1.807, 2.05) is 35.7 Å². The van der Waals surface area contributed by atoms with Crippen molar-refractivity contribution in [2.75, 3.05) is 0 Å². The Morgan fingerprint density at radius 2 is 1.96 bits per heavy atom. The van der Waals surface area contributed by atoms with Gasteiger partial charge in [0.1, 0.15) is 11.4 Å². The number of hydrogen-bond donors (Lipinski definition) is 1. The first-order chi connectivity index (χ1) is 13.0. The average molecular weight is 364 g/mol. The fourth-order valence-electron chi connectivity index (χ4n) is 3.11. The van der Waals surface area contributed by atoms with Crippen molar-refractivity contribution in [2.24, 2.45) is 19.8 Å². The summed E-state index contributed by atoms with van der Waals surface area (Å²) in [5.74, 6) is 0.0453. The van der Waals surface area contributed by atoms with Crippen LogP contribution in [0.1, 0.15) is 23.8 Å². The molecule has 4 aromatic heterocycles. The molecule has 4 aromatic rings. The molecule has 0 saturated heterocycles. The van der Waals surface area contributed by atoms with E-state index in [1.165, 1.54) is 0 Å². The number of hydrogen-bond acceptors (Lipinski definition) is 5. The van der Waals surface area contributed by atoms with Gasteiger partial charge in [0.05, 0.1) is 23.6 Å². The van der Waals surface area contributed by atoms with Gasteiger partial charge in [0.15, 0.2) is 5.82 Å². The van der Waals surface area contributed by atoms with Gasteiger partial charge in [0.25, 0.3) is 5.91 Å². The van der Waals surface area contributed by atoms with Crippen molar-refractivity contribution in [1.29, 1.82) is 0 Å². The van der Waals surface area contributed by atoms with Crippen LogP contribution in [0.4, 0.5) is 0 Å². The van der Waals surface area contributed by atoms with E-state index in [0.29, 0.717) is 11.5 Å². The first-order valence-corrected chi connectivity index (χ1v) is 8.67. The summed E-state index contributed by atoms with van der Waals surface area (Å²) < 4.78 is 5.46. The number of carbonyl (C=O) groups excluding carboxylic acids is 1. The minimum atomic E-state index is -0.588. The third-order valence-electron chi connectivity index (χ3n) is 4.47. The number of nitrogens with zero attached hydrogens (tertiary/aromatic N) is 7. The van der Waals surface area contributed by atoms with Crippen LogP contribution in [-0.2, 0) is 20.6 Å². The maximum atomic E-state index is 11.7. The topological polar surface area (TPSA) is 109 Å². The van der Waals surface area contributed by atoms with Crippen molar-refractivity contribution in [3.63, 3.8) is 0 Å². The summed E-state index contributed by atoms with van der Waals surface area (Å²) >= 11 is 0. The Labute approximate surface area is 155 Å². The number of nitrogens with two attached hydrogens (primary N) is 1. The summed E-state index contributed by atoms with van der Waals surface area (Å²) in [6, 6.07) is 1.65. The normalized spacial score (nSPS) is 11.4. The molecule has 9 heteroatoms. The van der Waals surface area contributed by atoms with Gasteiger partial charge in [0, 0.05) is 44.0 Å². The number of fused-ring (bicyclic) bond motifs is 1. The maximum Gasteiger partial charge on any atom is 0.267 e. The van der Waals surface area contributed by atoms with Crippen LogP contribution in [0.25, 0.3) is 33.7 Å². The van der Waals surface area contributed by atoms with E-state index in [2.05, 4.69) is 22.1 Å². The standard InChI is InChI=1S/C18H20N8O/c1-4-5-26-9-11(7-21-26)14-10-24(2)18(23-14)16-12-8-20-25(3)15(12)6-13(22-16)17(19)27/h6-10H,4-5H2,1-3H3,(H2,19,27). The Kier molecular flexibility index (Phi) is 3.98. The predicted molar refractivity (Wildman–Crippen MR) is 101 cm³/mol. The highest BCUT2D eigenvalue weighted by molar-refractivity contribution is 5.99. The zero-order chi connectivity index (χ0) is 19.1. The van der Waals surface area contributed by atoms with Gasteiger partial charge in [-0.15, -0.1) is 0 Å². The Bertz CT molecular complexity index is 1150. The van der Waals surface area contributed by atoms with Gasteiger partial charge in [-0.1, -0.05) is 6.92 Å². The summed E-state index contributed by atoms with van der Waals surface area (Å²) in [5, 5.41) is 9.45. The SMILES string of the molecule is CCCn1cc(-c2cn(C)c(-c3nc(C(N)=O)cc4c3cnn4C)n2)cn1. The lowest BCUT2D eigenvalue weighted by molar-refractivity contribution is 0.0996. The van der Waals surface area contributed by atoms with Gasteiger partial charge < -0.3 is 10.3 Å². The third-order valence-corrected chi connectivity index (χ3v) is 4.47. The second kappa shape index (κ2) is 6.35. The van der Waals surface area contributed by atoms with Crippen molar-refractivity contribution in [1.82, 2.24) is 34.1 Å². The first kappa shape index (κ1) is 17.0. The van der Waals surface area contributed by atoms with Crippen molar-refractivity contribution in [3.8, 4) is 22.8 Å². The van der Waals surface area contributed by atoms with E-state index < -0.39 is 5.91 Å². The van der Waals surface area contributed by atoms with Crippen molar-refractivity contribution < 1.29 is 4.79 Å². The molecule has 0 aromatic carbocycles. The molecule has 4 rings (SSSR count). The molecule has 0 unspecified atom stereocenters. The molecule has 0 aliphatic carbocycles. The summed E-state index contributed by atoms with van der Waals surface area (Å²) in [6.07, 6.45) is 8.42. The van der Waals surface area contributed by atoms with Gasteiger partial charge >= 0.3 is 0 Å². The van der Waals surface area contributed by atoms with Crippen LogP contribution >= 0.6 is 0 Å². The molecule has 0 spiro atoms. The maximum absolute atomic E-state index is 11.7. The lowest BCUT2D eigenvalue weighted by Crippen LogP contribution is -2.14. The molecule has 27 heavy (non-hydrogen) atoms. The van der Waals surface area contributed by atoms with Gasteiger partial charge in [-0.05, 0) is 12.5 Å². The van der Waals surface area contributed by atoms with Crippen LogP contribution in [0.5, 0.6) is 0 Å². The van der Waals surface area contributed by atoms with E-state index in [9.17, 15) is 4.79 Å². The largest absolute Gasteiger partial charge is 0.364 e. The molecule has 0 aliphatic heterocycles. The lowest BCUT2D eigenvalue weighted by Gasteiger charge is -2.05. The van der Waals surface area contributed by atoms with E-state index in [1.54, 1.807) is 23.1 Å². The lowest BCUT2D eigenvalue weighted by atomic mass is 10.2. The summed E-state index contributed by atoms with van der Waals surface area (Å²) in [4.78, 5) is 20.9. The number of pyridine rings is 1. The molecule has 9 nitrogen and oxygen atoms in total. The van der Waals surface area contributed by atoms with Crippen molar-refractivity contribution in [2.45, 2.75) is 19.9 Å². The quantitative estimate of drug-likeness (QED) is 0.580. The molecular formula is C18H20N8O. The second-order valence-corrected chi connectivity index (χ2v) is 6.47. The monoisotopic (exact) mass is 364 g/mol. The minimum Gasteiger partial charge on any atom is -0.364 e. The molecule has 2 N–H and O–H groups in total. The molecule has 0 fully saturated rings. The molecular weight excluding hydrogens is 344 g/mol. The highest BCUT2D eigenvalue weighted by Crippen LogP contribution is 2.29. The van der Waals surface area contributed by atoms with Crippen molar-refractivity contribution >= 4 is 16.8 Å². The highest BCUT2D eigenvalue weighted by Gasteiger charge is 2.19. The molecule has 0 radical (unpaired) electrons. The van der Waals surface area contributed by atoms with Crippen LogP contribution in [0.2, 0.25) is 0 Å². The number of amides is 1. The summed E-state index contributed by atoms with van der Waals surface area (Å²) in [5.41, 5.74) is 8.71.